The monoisotopic (exact) mass is 214 g/mol. The van der Waals surface area contributed by atoms with Crippen molar-refractivity contribution in [3.63, 3.8) is 0 Å². The number of aliphatic hydroxyl groups excluding tert-OH is 1. The lowest BCUT2D eigenvalue weighted by Gasteiger charge is -2.12. The molecule has 5 heteroatoms. The maximum atomic E-state index is 13.1. The first kappa shape index (κ1) is 11.9. The Kier molecular flexibility index (Phi) is 5.00. The third kappa shape index (κ3) is 4.22. The topological polar surface area (TPSA) is 54.4 Å². The van der Waals surface area contributed by atoms with Crippen molar-refractivity contribution >= 4 is 5.82 Å². The summed E-state index contributed by atoms with van der Waals surface area (Å²) in [7, 11) is 0. The van der Waals surface area contributed by atoms with Crippen molar-refractivity contribution < 1.29 is 14.2 Å². The molecule has 0 aliphatic heterocycles. The predicted molar refractivity (Wildman–Crippen MR) is 55.2 cm³/mol. The Bertz CT molecular complexity index is 297. The standard InChI is InChI=1S/C10H15FN2O2/c1-2-15-7-8(14)6-13-10-9(11)4-3-5-12-10/h3-5,8,14H,2,6-7H2,1H3,(H,12,13)/t8-/m0/s1. The van der Waals surface area contributed by atoms with E-state index in [-0.39, 0.29) is 19.0 Å². The minimum absolute atomic E-state index is 0.146. The molecule has 1 heterocycles. The first-order valence-electron chi connectivity index (χ1n) is 4.84. The summed E-state index contributed by atoms with van der Waals surface area (Å²) in [5.74, 6) is -0.283. The fourth-order valence-electron chi connectivity index (χ4n) is 1.04. The summed E-state index contributed by atoms with van der Waals surface area (Å²) in [6.45, 7) is 2.85. The zero-order valence-electron chi connectivity index (χ0n) is 8.61. The molecule has 2 N–H and O–H groups in total. The Morgan fingerprint density at radius 1 is 1.67 bits per heavy atom. The van der Waals surface area contributed by atoms with Crippen LogP contribution in [0.15, 0.2) is 18.3 Å². The van der Waals surface area contributed by atoms with Crippen molar-refractivity contribution in [2.75, 3.05) is 25.1 Å². The van der Waals surface area contributed by atoms with E-state index in [1.54, 1.807) is 0 Å². The van der Waals surface area contributed by atoms with Crippen LogP contribution in [-0.2, 0) is 4.74 Å². The zero-order chi connectivity index (χ0) is 11.1. The van der Waals surface area contributed by atoms with Crippen molar-refractivity contribution in [2.24, 2.45) is 0 Å². The molecule has 0 radical (unpaired) electrons. The van der Waals surface area contributed by atoms with Gasteiger partial charge in [0.1, 0.15) is 0 Å². The van der Waals surface area contributed by atoms with Crippen LogP contribution in [0.2, 0.25) is 0 Å². The smallest absolute Gasteiger partial charge is 0.165 e. The van der Waals surface area contributed by atoms with Gasteiger partial charge < -0.3 is 15.2 Å². The summed E-state index contributed by atoms with van der Waals surface area (Å²) in [5, 5.41) is 12.1. The molecule has 0 fully saturated rings. The van der Waals surface area contributed by atoms with E-state index in [1.807, 2.05) is 6.92 Å². The molecular weight excluding hydrogens is 199 g/mol. The normalized spacial score (nSPS) is 12.5. The number of aromatic nitrogens is 1. The first-order valence-corrected chi connectivity index (χ1v) is 4.84. The van der Waals surface area contributed by atoms with Gasteiger partial charge in [-0.15, -0.1) is 0 Å². The Morgan fingerprint density at radius 3 is 3.13 bits per heavy atom. The lowest BCUT2D eigenvalue weighted by atomic mass is 10.3. The van der Waals surface area contributed by atoms with Crippen LogP contribution in [0.1, 0.15) is 6.92 Å². The van der Waals surface area contributed by atoms with E-state index in [1.165, 1.54) is 18.3 Å². The van der Waals surface area contributed by atoms with Gasteiger partial charge in [-0.2, -0.15) is 0 Å². The molecule has 1 rings (SSSR count). The van der Waals surface area contributed by atoms with Crippen LogP contribution < -0.4 is 5.32 Å². The molecule has 1 aromatic heterocycles. The first-order chi connectivity index (χ1) is 7.24. The maximum Gasteiger partial charge on any atom is 0.165 e. The Morgan fingerprint density at radius 2 is 2.47 bits per heavy atom. The van der Waals surface area contributed by atoms with Gasteiger partial charge in [0.25, 0.3) is 0 Å². The average Bonchev–Trinajstić information content (AvgIpc) is 2.25. The summed E-state index contributed by atoms with van der Waals surface area (Å²) in [6.07, 6.45) is 0.826. The summed E-state index contributed by atoms with van der Waals surface area (Å²) < 4.78 is 18.1. The lowest BCUT2D eigenvalue weighted by Crippen LogP contribution is -2.25. The summed E-state index contributed by atoms with van der Waals surface area (Å²) in [4.78, 5) is 3.79. The number of ether oxygens (including phenoxy) is 1. The molecule has 0 spiro atoms. The molecule has 0 amide bonds. The molecule has 0 aliphatic carbocycles. The highest BCUT2D eigenvalue weighted by molar-refractivity contribution is 5.35. The number of nitrogens with zero attached hydrogens (tertiary/aromatic N) is 1. The van der Waals surface area contributed by atoms with Crippen LogP contribution in [0.4, 0.5) is 10.2 Å². The molecule has 0 saturated carbocycles. The van der Waals surface area contributed by atoms with E-state index < -0.39 is 11.9 Å². The molecule has 15 heavy (non-hydrogen) atoms. The SMILES string of the molecule is CCOC[C@@H](O)CNc1ncccc1F. The molecule has 0 unspecified atom stereocenters. The van der Waals surface area contributed by atoms with Crippen LogP contribution in [0, 0.1) is 5.82 Å². The zero-order valence-corrected chi connectivity index (χ0v) is 8.61. The summed E-state index contributed by atoms with van der Waals surface area (Å²) in [5.41, 5.74) is 0. The number of hydrogen-bond acceptors (Lipinski definition) is 4. The van der Waals surface area contributed by atoms with Crippen LogP contribution in [0.3, 0.4) is 0 Å². The molecule has 1 atom stereocenters. The lowest BCUT2D eigenvalue weighted by molar-refractivity contribution is 0.0495. The van der Waals surface area contributed by atoms with Gasteiger partial charge in [-0.3, -0.25) is 0 Å². The summed E-state index contributed by atoms with van der Waals surface area (Å²) >= 11 is 0. The van der Waals surface area contributed by atoms with Crippen molar-refractivity contribution in [1.29, 1.82) is 0 Å². The van der Waals surface area contributed by atoms with E-state index in [0.29, 0.717) is 6.61 Å². The molecule has 1 aromatic rings. The summed E-state index contributed by atoms with van der Waals surface area (Å²) in [6, 6.07) is 2.82. The number of aliphatic hydroxyl groups is 1. The molecule has 0 bridgehead atoms. The average molecular weight is 214 g/mol. The number of halogens is 1. The van der Waals surface area contributed by atoms with Crippen LogP contribution in [0.5, 0.6) is 0 Å². The number of hydrogen-bond donors (Lipinski definition) is 2. The quantitative estimate of drug-likeness (QED) is 0.742. The third-order valence-corrected chi connectivity index (χ3v) is 1.78. The van der Waals surface area contributed by atoms with Crippen LogP contribution >= 0.6 is 0 Å². The highest BCUT2D eigenvalue weighted by atomic mass is 19.1. The van der Waals surface area contributed by atoms with Crippen molar-refractivity contribution in [3.05, 3.63) is 24.1 Å². The highest BCUT2D eigenvalue weighted by Crippen LogP contribution is 2.07. The highest BCUT2D eigenvalue weighted by Gasteiger charge is 2.06. The second kappa shape index (κ2) is 6.31. The van der Waals surface area contributed by atoms with Gasteiger partial charge in [-0.1, -0.05) is 0 Å². The number of anilines is 1. The molecule has 0 aromatic carbocycles. The van der Waals surface area contributed by atoms with Gasteiger partial charge >= 0.3 is 0 Å². The minimum atomic E-state index is -0.661. The molecule has 0 aliphatic rings. The Labute approximate surface area is 88.1 Å². The fraction of sp³-hybridized carbons (Fsp3) is 0.500. The van der Waals surface area contributed by atoms with Gasteiger partial charge in [0.2, 0.25) is 0 Å². The molecule has 0 saturated heterocycles. The fourth-order valence-corrected chi connectivity index (χ4v) is 1.04. The number of nitrogens with one attached hydrogen (secondary N) is 1. The van der Waals surface area contributed by atoms with Crippen LogP contribution in [-0.4, -0.2) is 36.0 Å². The third-order valence-electron chi connectivity index (χ3n) is 1.78. The van der Waals surface area contributed by atoms with E-state index in [2.05, 4.69) is 10.3 Å². The van der Waals surface area contributed by atoms with E-state index in [9.17, 15) is 9.50 Å². The molecular formula is C10H15FN2O2. The van der Waals surface area contributed by atoms with Crippen LogP contribution in [0.25, 0.3) is 0 Å². The van der Waals surface area contributed by atoms with Crippen molar-refractivity contribution in [3.8, 4) is 0 Å². The van der Waals surface area contributed by atoms with Gasteiger partial charge in [0.15, 0.2) is 11.6 Å². The van der Waals surface area contributed by atoms with Gasteiger partial charge in [-0.25, -0.2) is 9.37 Å². The van der Waals surface area contributed by atoms with Gasteiger partial charge in [0, 0.05) is 19.3 Å². The van der Waals surface area contributed by atoms with E-state index >= 15 is 0 Å². The molecule has 4 nitrogen and oxygen atoms in total. The van der Waals surface area contributed by atoms with Crippen molar-refractivity contribution in [2.45, 2.75) is 13.0 Å². The number of pyridine rings is 1. The Balaban J connectivity index is 2.33. The maximum absolute atomic E-state index is 13.1. The Hall–Kier alpha value is -1.20. The predicted octanol–water partition coefficient (Wildman–Crippen LogP) is 1.03. The minimum Gasteiger partial charge on any atom is -0.389 e. The van der Waals surface area contributed by atoms with Crippen molar-refractivity contribution in [1.82, 2.24) is 4.98 Å². The number of rotatable bonds is 6. The van der Waals surface area contributed by atoms with Gasteiger partial charge in [0.05, 0.1) is 12.7 Å². The van der Waals surface area contributed by atoms with Gasteiger partial charge in [-0.05, 0) is 19.1 Å². The van der Waals surface area contributed by atoms with E-state index in [4.69, 9.17) is 4.74 Å². The second-order valence-corrected chi connectivity index (χ2v) is 3.03. The molecule has 84 valence electrons. The van der Waals surface area contributed by atoms with E-state index in [0.717, 1.165) is 0 Å². The second-order valence-electron chi connectivity index (χ2n) is 3.03. The largest absolute Gasteiger partial charge is 0.389 e.